The van der Waals surface area contributed by atoms with Crippen molar-refractivity contribution in [3.05, 3.63) is 23.0 Å². The average molecular weight is 222 g/mol. The first-order chi connectivity index (χ1) is 7.77. The van der Waals surface area contributed by atoms with Crippen LogP contribution in [0.4, 0.5) is 0 Å². The third kappa shape index (κ3) is 3.92. The maximum absolute atomic E-state index is 4.13. The van der Waals surface area contributed by atoms with Gasteiger partial charge >= 0.3 is 0 Å². The minimum absolute atomic E-state index is 0.777. The van der Waals surface area contributed by atoms with Crippen LogP contribution in [0, 0.1) is 13.8 Å². The molecule has 0 unspecified atom stereocenters. The molecule has 2 nitrogen and oxygen atoms in total. The van der Waals surface area contributed by atoms with Crippen LogP contribution < -0.4 is 0 Å². The molecule has 16 heavy (non-hydrogen) atoms. The second-order valence-corrected chi connectivity index (χ2v) is 3.65. The minimum atomic E-state index is 0.777. The molecule has 1 heterocycles. The Kier molecular flexibility index (Phi) is 7.78. The van der Waals surface area contributed by atoms with Gasteiger partial charge in [-0.3, -0.25) is 0 Å². The van der Waals surface area contributed by atoms with E-state index in [2.05, 4.69) is 23.2 Å². The Morgan fingerprint density at radius 2 is 1.56 bits per heavy atom. The number of nitrogens with zero attached hydrogens (tertiary/aromatic N) is 2. The summed E-state index contributed by atoms with van der Waals surface area (Å²) in [4.78, 5) is 0. The molecule has 1 aliphatic carbocycles. The molecule has 2 rings (SSSR count). The lowest BCUT2D eigenvalue weighted by Crippen LogP contribution is -2.12. The molecule has 0 radical (unpaired) electrons. The third-order valence-electron chi connectivity index (χ3n) is 2.68. The van der Waals surface area contributed by atoms with E-state index in [1.807, 2.05) is 34.6 Å². The molecule has 1 aromatic heterocycles. The number of aryl methyl sites for hydroxylation is 2. The summed E-state index contributed by atoms with van der Waals surface area (Å²) in [6.07, 6.45) is 4.06. The lowest BCUT2D eigenvalue weighted by atomic mass is 9.79. The van der Waals surface area contributed by atoms with Crippen LogP contribution in [0.3, 0.4) is 0 Å². The van der Waals surface area contributed by atoms with E-state index in [0.29, 0.717) is 0 Å². The van der Waals surface area contributed by atoms with E-state index in [1.165, 1.54) is 24.8 Å². The molecule has 0 atom stereocenters. The van der Waals surface area contributed by atoms with E-state index < -0.39 is 0 Å². The van der Waals surface area contributed by atoms with Gasteiger partial charge in [0.05, 0.1) is 11.4 Å². The van der Waals surface area contributed by atoms with Gasteiger partial charge in [0.15, 0.2) is 0 Å². The molecule has 1 aliphatic rings. The number of hydrogen-bond donors (Lipinski definition) is 0. The maximum atomic E-state index is 4.13. The second-order valence-electron chi connectivity index (χ2n) is 3.65. The molecule has 1 fully saturated rings. The number of hydrogen-bond acceptors (Lipinski definition) is 2. The lowest BCUT2D eigenvalue weighted by Gasteiger charge is -2.26. The van der Waals surface area contributed by atoms with Crippen molar-refractivity contribution < 1.29 is 0 Å². The van der Waals surface area contributed by atoms with Crippen molar-refractivity contribution in [2.24, 2.45) is 0 Å². The highest BCUT2D eigenvalue weighted by Gasteiger charge is 2.21. The molecule has 1 aromatic rings. The molecule has 0 amide bonds. The van der Waals surface area contributed by atoms with E-state index in [4.69, 9.17) is 0 Å². The summed E-state index contributed by atoms with van der Waals surface area (Å²) in [6, 6.07) is 2.19. The first kappa shape index (κ1) is 15.1. The van der Waals surface area contributed by atoms with Gasteiger partial charge in [0.1, 0.15) is 0 Å². The standard InChI is InChI=1S/C10H14N2.2C2H6/c1-7-6-10(8(2)12-11-7)9-4-3-5-9;2*1-2/h6,9H,3-5H2,1-2H3;2*1-2H3. The smallest absolute Gasteiger partial charge is 0.0635 e. The molecular formula is C14H26N2. The van der Waals surface area contributed by atoms with Gasteiger partial charge in [-0.2, -0.15) is 10.2 Å². The van der Waals surface area contributed by atoms with Crippen LogP contribution in [-0.2, 0) is 0 Å². The SMILES string of the molecule is CC.CC.Cc1cc(C2CCC2)c(C)nn1. The van der Waals surface area contributed by atoms with Gasteiger partial charge in [-0.15, -0.1) is 0 Å². The van der Waals surface area contributed by atoms with Gasteiger partial charge in [-0.05, 0) is 44.2 Å². The van der Waals surface area contributed by atoms with Gasteiger partial charge < -0.3 is 0 Å². The Hall–Kier alpha value is -0.920. The molecule has 0 N–H and O–H groups in total. The average Bonchev–Trinajstić information content (AvgIpc) is 2.27. The molecular weight excluding hydrogens is 196 g/mol. The molecule has 1 saturated carbocycles. The predicted octanol–water partition coefficient (Wildman–Crippen LogP) is 4.41. The molecule has 0 spiro atoms. The van der Waals surface area contributed by atoms with E-state index in [0.717, 1.165) is 17.3 Å². The third-order valence-corrected chi connectivity index (χ3v) is 2.68. The van der Waals surface area contributed by atoms with Crippen LogP contribution in [0.2, 0.25) is 0 Å². The normalized spacial score (nSPS) is 13.9. The molecule has 92 valence electrons. The van der Waals surface area contributed by atoms with E-state index >= 15 is 0 Å². The largest absolute Gasteiger partial charge is 0.156 e. The first-order valence-corrected chi connectivity index (χ1v) is 6.58. The van der Waals surface area contributed by atoms with Gasteiger partial charge in [0.2, 0.25) is 0 Å². The van der Waals surface area contributed by atoms with Crippen molar-refractivity contribution in [2.75, 3.05) is 0 Å². The monoisotopic (exact) mass is 222 g/mol. The summed E-state index contributed by atoms with van der Waals surface area (Å²) in [6.45, 7) is 12.1. The predicted molar refractivity (Wildman–Crippen MR) is 70.8 cm³/mol. The Morgan fingerprint density at radius 1 is 1.00 bits per heavy atom. The Bertz CT molecular complexity index is 291. The highest BCUT2D eigenvalue weighted by atomic mass is 15.1. The van der Waals surface area contributed by atoms with Crippen molar-refractivity contribution in [3.8, 4) is 0 Å². The highest BCUT2D eigenvalue weighted by Crippen LogP contribution is 2.37. The van der Waals surface area contributed by atoms with Crippen molar-refractivity contribution in [1.82, 2.24) is 10.2 Å². The summed E-state index contributed by atoms with van der Waals surface area (Å²) in [5, 5.41) is 8.16. The van der Waals surface area contributed by atoms with Gasteiger partial charge in [0, 0.05) is 0 Å². The molecule has 2 heteroatoms. The summed E-state index contributed by atoms with van der Waals surface area (Å²) in [5.41, 5.74) is 3.58. The quantitative estimate of drug-likeness (QED) is 0.703. The van der Waals surface area contributed by atoms with E-state index in [9.17, 15) is 0 Å². The molecule has 0 aliphatic heterocycles. The van der Waals surface area contributed by atoms with Crippen LogP contribution in [0.15, 0.2) is 6.07 Å². The van der Waals surface area contributed by atoms with Crippen molar-refractivity contribution in [2.45, 2.75) is 66.7 Å². The van der Waals surface area contributed by atoms with Crippen LogP contribution in [-0.4, -0.2) is 10.2 Å². The number of aromatic nitrogens is 2. The van der Waals surface area contributed by atoms with Crippen LogP contribution in [0.5, 0.6) is 0 Å². The summed E-state index contributed by atoms with van der Waals surface area (Å²) in [5.74, 6) is 0.777. The minimum Gasteiger partial charge on any atom is -0.156 e. The zero-order valence-electron chi connectivity index (χ0n) is 11.7. The van der Waals surface area contributed by atoms with Gasteiger partial charge in [-0.25, -0.2) is 0 Å². The Balaban J connectivity index is 0.000000509. The number of rotatable bonds is 1. The van der Waals surface area contributed by atoms with Crippen LogP contribution >= 0.6 is 0 Å². The van der Waals surface area contributed by atoms with E-state index in [-0.39, 0.29) is 0 Å². The fraction of sp³-hybridized carbons (Fsp3) is 0.714. The fourth-order valence-electron chi connectivity index (χ4n) is 1.70. The van der Waals surface area contributed by atoms with Crippen LogP contribution in [0.25, 0.3) is 0 Å². The maximum Gasteiger partial charge on any atom is 0.0635 e. The first-order valence-electron chi connectivity index (χ1n) is 6.58. The zero-order valence-corrected chi connectivity index (χ0v) is 11.7. The molecule has 0 bridgehead atoms. The molecule has 0 aromatic carbocycles. The Morgan fingerprint density at radius 3 is 2.00 bits per heavy atom. The summed E-state index contributed by atoms with van der Waals surface area (Å²) < 4.78 is 0. The van der Waals surface area contributed by atoms with E-state index in [1.54, 1.807) is 0 Å². The van der Waals surface area contributed by atoms with Crippen molar-refractivity contribution in [3.63, 3.8) is 0 Å². The topological polar surface area (TPSA) is 25.8 Å². The fourth-order valence-corrected chi connectivity index (χ4v) is 1.70. The zero-order chi connectivity index (χ0) is 12.6. The molecule has 0 saturated heterocycles. The van der Waals surface area contributed by atoms with Crippen molar-refractivity contribution in [1.29, 1.82) is 0 Å². The Labute approximate surface area is 100 Å². The van der Waals surface area contributed by atoms with Gasteiger partial charge in [0.25, 0.3) is 0 Å². The van der Waals surface area contributed by atoms with Crippen molar-refractivity contribution >= 4 is 0 Å². The highest BCUT2D eigenvalue weighted by molar-refractivity contribution is 5.25. The lowest BCUT2D eigenvalue weighted by molar-refractivity contribution is 0.416. The summed E-state index contributed by atoms with van der Waals surface area (Å²) in [7, 11) is 0. The van der Waals surface area contributed by atoms with Crippen LogP contribution in [0.1, 0.15) is 69.8 Å². The summed E-state index contributed by atoms with van der Waals surface area (Å²) >= 11 is 0. The second kappa shape index (κ2) is 8.26. The van der Waals surface area contributed by atoms with Gasteiger partial charge in [-0.1, -0.05) is 34.1 Å².